The molecule has 80 valence electrons. The molecular weight excluding hydrogens is 192 g/mol. The normalized spacial score (nSPS) is 26.1. The number of carbonyl (C=O) groups is 1. The lowest BCUT2D eigenvalue weighted by molar-refractivity contribution is -0.153. The summed E-state index contributed by atoms with van der Waals surface area (Å²) in [5, 5.41) is 8.88. The minimum atomic E-state index is -0.851. The second-order valence-corrected chi connectivity index (χ2v) is 3.83. The zero-order valence-corrected chi connectivity index (χ0v) is 8.43. The fourth-order valence-electron chi connectivity index (χ4n) is 2.00. The van der Waals surface area contributed by atoms with Crippen LogP contribution in [0, 0.1) is 0 Å². The lowest BCUT2D eigenvalue weighted by Crippen LogP contribution is -2.31. The van der Waals surface area contributed by atoms with Crippen LogP contribution >= 0.6 is 0 Å². The van der Waals surface area contributed by atoms with Gasteiger partial charge in [-0.15, -0.1) is 0 Å². The summed E-state index contributed by atoms with van der Waals surface area (Å²) in [6, 6.07) is 10.0. The van der Waals surface area contributed by atoms with Gasteiger partial charge < -0.3 is 9.84 Å². The second-order valence-electron chi connectivity index (χ2n) is 3.83. The van der Waals surface area contributed by atoms with Crippen LogP contribution in [-0.2, 0) is 9.53 Å². The van der Waals surface area contributed by atoms with Gasteiger partial charge in [0.15, 0.2) is 6.10 Å². The maximum absolute atomic E-state index is 10.8. The summed E-state index contributed by atoms with van der Waals surface area (Å²) in [5.41, 5.74) is 1.21. The van der Waals surface area contributed by atoms with Gasteiger partial charge in [0.05, 0.1) is 0 Å². The van der Waals surface area contributed by atoms with Crippen LogP contribution < -0.4 is 0 Å². The Labute approximate surface area is 88.7 Å². The van der Waals surface area contributed by atoms with Gasteiger partial charge in [-0.3, -0.25) is 0 Å². The van der Waals surface area contributed by atoms with Gasteiger partial charge >= 0.3 is 5.97 Å². The molecule has 1 aliphatic heterocycles. The predicted octanol–water partition coefficient (Wildman–Crippen LogP) is 2.03. The van der Waals surface area contributed by atoms with Crippen molar-refractivity contribution < 1.29 is 14.6 Å². The average molecular weight is 206 g/mol. The molecule has 3 heteroatoms. The molecule has 1 saturated heterocycles. The van der Waals surface area contributed by atoms with E-state index in [9.17, 15) is 4.79 Å². The fraction of sp³-hybridized carbons (Fsp3) is 0.417. The Hall–Kier alpha value is -1.35. The molecular formula is C12H14O3. The molecule has 0 aromatic heterocycles. The Morgan fingerprint density at radius 2 is 2.07 bits per heavy atom. The number of rotatable bonds is 2. The van der Waals surface area contributed by atoms with Crippen molar-refractivity contribution in [3.05, 3.63) is 35.9 Å². The number of benzene rings is 1. The first kappa shape index (κ1) is 10.2. The van der Waals surface area contributed by atoms with Crippen LogP contribution in [0.15, 0.2) is 30.3 Å². The second kappa shape index (κ2) is 4.45. The Morgan fingerprint density at radius 3 is 2.73 bits per heavy atom. The van der Waals surface area contributed by atoms with Crippen molar-refractivity contribution in [3.8, 4) is 0 Å². The van der Waals surface area contributed by atoms with Crippen LogP contribution in [0.3, 0.4) is 0 Å². The molecule has 2 unspecified atom stereocenters. The van der Waals surface area contributed by atoms with E-state index >= 15 is 0 Å². The van der Waals surface area contributed by atoms with Gasteiger partial charge in [-0.2, -0.15) is 0 Å². The van der Waals surface area contributed by atoms with Crippen LogP contribution in [0.5, 0.6) is 0 Å². The van der Waals surface area contributed by atoms with Crippen molar-refractivity contribution in [2.75, 3.05) is 6.61 Å². The summed E-state index contributed by atoms with van der Waals surface area (Å²) in [7, 11) is 0. The number of aliphatic carboxylic acids is 1. The van der Waals surface area contributed by atoms with Crippen molar-refractivity contribution in [2.45, 2.75) is 24.9 Å². The summed E-state index contributed by atoms with van der Waals surface area (Å²) in [5.74, 6) is -0.531. The highest BCUT2D eigenvalue weighted by atomic mass is 16.5. The van der Waals surface area contributed by atoms with Crippen molar-refractivity contribution >= 4 is 5.97 Å². The van der Waals surface area contributed by atoms with Crippen molar-refractivity contribution in [1.29, 1.82) is 0 Å². The molecule has 0 bridgehead atoms. The van der Waals surface area contributed by atoms with Gasteiger partial charge in [0.1, 0.15) is 0 Å². The number of carboxylic acid groups (broad SMARTS) is 1. The van der Waals surface area contributed by atoms with Crippen molar-refractivity contribution in [3.63, 3.8) is 0 Å². The first-order valence-corrected chi connectivity index (χ1v) is 5.16. The maximum atomic E-state index is 10.8. The SMILES string of the molecule is O=C(O)C1CC(c2ccccc2)CCO1. The zero-order chi connectivity index (χ0) is 10.7. The first-order chi connectivity index (χ1) is 7.27. The van der Waals surface area contributed by atoms with Crippen LogP contribution in [0.25, 0.3) is 0 Å². The number of ether oxygens (including phenoxy) is 1. The van der Waals surface area contributed by atoms with Crippen LogP contribution in [0.4, 0.5) is 0 Å². The summed E-state index contributed by atoms with van der Waals surface area (Å²) in [6.07, 6.45) is 0.858. The Kier molecular flexibility index (Phi) is 3.02. The number of carboxylic acids is 1. The van der Waals surface area contributed by atoms with Crippen molar-refractivity contribution in [2.24, 2.45) is 0 Å². The highest BCUT2D eigenvalue weighted by molar-refractivity contribution is 5.72. The van der Waals surface area contributed by atoms with E-state index in [1.807, 2.05) is 18.2 Å². The highest BCUT2D eigenvalue weighted by Crippen LogP contribution is 2.29. The highest BCUT2D eigenvalue weighted by Gasteiger charge is 2.28. The molecule has 1 aliphatic rings. The van der Waals surface area contributed by atoms with E-state index in [0.717, 1.165) is 6.42 Å². The van der Waals surface area contributed by atoms with Gasteiger partial charge in [0.25, 0.3) is 0 Å². The van der Waals surface area contributed by atoms with Crippen LogP contribution in [0.1, 0.15) is 24.3 Å². The fourth-order valence-corrected chi connectivity index (χ4v) is 2.00. The molecule has 1 aromatic carbocycles. The molecule has 15 heavy (non-hydrogen) atoms. The molecule has 0 spiro atoms. The van der Waals surface area contributed by atoms with Gasteiger partial charge in [-0.1, -0.05) is 30.3 Å². The summed E-state index contributed by atoms with van der Waals surface area (Å²) < 4.78 is 5.19. The molecule has 1 fully saturated rings. The van der Waals surface area contributed by atoms with Crippen LogP contribution in [-0.4, -0.2) is 23.8 Å². The van der Waals surface area contributed by atoms with E-state index in [4.69, 9.17) is 9.84 Å². The number of hydrogen-bond donors (Lipinski definition) is 1. The minimum Gasteiger partial charge on any atom is -0.479 e. The standard InChI is InChI=1S/C12H14O3/c13-12(14)11-8-10(6-7-15-11)9-4-2-1-3-5-9/h1-5,10-11H,6-8H2,(H,13,14). The smallest absolute Gasteiger partial charge is 0.332 e. The van der Waals surface area contributed by atoms with Gasteiger partial charge in [-0.05, 0) is 24.3 Å². The topological polar surface area (TPSA) is 46.5 Å². The van der Waals surface area contributed by atoms with Crippen LogP contribution in [0.2, 0.25) is 0 Å². The Morgan fingerprint density at radius 1 is 1.33 bits per heavy atom. The molecule has 0 aliphatic carbocycles. The van der Waals surface area contributed by atoms with E-state index in [1.165, 1.54) is 5.56 Å². The van der Waals surface area contributed by atoms with E-state index < -0.39 is 12.1 Å². The molecule has 0 radical (unpaired) electrons. The largest absolute Gasteiger partial charge is 0.479 e. The zero-order valence-electron chi connectivity index (χ0n) is 8.43. The summed E-state index contributed by atoms with van der Waals surface area (Å²) in [6.45, 7) is 0.538. The molecule has 1 heterocycles. The molecule has 2 atom stereocenters. The molecule has 2 rings (SSSR count). The lowest BCUT2D eigenvalue weighted by atomic mass is 9.89. The summed E-state index contributed by atoms with van der Waals surface area (Å²) in [4.78, 5) is 10.8. The van der Waals surface area contributed by atoms with Gasteiger partial charge in [-0.25, -0.2) is 4.79 Å². The average Bonchev–Trinajstić information content (AvgIpc) is 2.30. The monoisotopic (exact) mass is 206 g/mol. The summed E-state index contributed by atoms with van der Waals surface area (Å²) >= 11 is 0. The lowest BCUT2D eigenvalue weighted by Gasteiger charge is -2.27. The predicted molar refractivity (Wildman–Crippen MR) is 55.8 cm³/mol. The quantitative estimate of drug-likeness (QED) is 0.805. The van der Waals surface area contributed by atoms with E-state index in [-0.39, 0.29) is 0 Å². The minimum absolute atomic E-state index is 0.320. The Balaban J connectivity index is 2.08. The van der Waals surface area contributed by atoms with Gasteiger partial charge in [0.2, 0.25) is 0 Å². The third-order valence-corrected chi connectivity index (χ3v) is 2.83. The molecule has 1 N–H and O–H groups in total. The van der Waals surface area contributed by atoms with E-state index in [0.29, 0.717) is 18.9 Å². The van der Waals surface area contributed by atoms with Crippen molar-refractivity contribution in [1.82, 2.24) is 0 Å². The maximum Gasteiger partial charge on any atom is 0.332 e. The first-order valence-electron chi connectivity index (χ1n) is 5.16. The third kappa shape index (κ3) is 2.36. The number of hydrogen-bond acceptors (Lipinski definition) is 2. The Bertz CT molecular complexity index is 334. The van der Waals surface area contributed by atoms with Gasteiger partial charge in [0, 0.05) is 6.61 Å². The third-order valence-electron chi connectivity index (χ3n) is 2.83. The molecule has 0 saturated carbocycles. The molecule has 3 nitrogen and oxygen atoms in total. The molecule has 1 aromatic rings. The van der Waals surface area contributed by atoms with E-state index in [1.54, 1.807) is 0 Å². The van der Waals surface area contributed by atoms with E-state index in [2.05, 4.69) is 12.1 Å². The molecule has 0 amide bonds.